The highest BCUT2D eigenvalue weighted by Gasteiger charge is 2.36. The molecule has 2 heterocycles. The second-order valence-corrected chi connectivity index (χ2v) is 14.2. The maximum atomic E-state index is 5.48. The predicted molar refractivity (Wildman–Crippen MR) is 209 cm³/mol. The van der Waals surface area contributed by atoms with Crippen molar-refractivity contribution in [2.75, 3.05) is 0 Å². The lowest BCUT2D eigenvalue weighted by Gasteiger charge is -2.21. The SMILES string of the molecule is CC1(C)c2ccccc2-c2cc3c(cc21)c1ccccc1n3-c1nc(-c2ccc3c4ccccc4c4ccccc4c3c2)c2ccccc2n1. The first kappa shape index (κ1) is 27.6. The fourth-order valence-corrected chi connectivity index (χ4v) is 8.82. The van der Waals surface area contributed by atoms with Crippen LogP contribution in [0.5, 0.6) is 0 Å². The average Bonchev–Trinajstić information content (AvgIpc) is 3.61. The summed E-state index contributed by atoms with van der Waals surface area (Å²) in [6.45, 7) is 4.69. The summed E-state index contributed by atoms with van der Waals surface area (Å²) in [5.41, 5.74) is 10.4. The van der Waals surface area contributed by atoms with Crippen LogP contribution in [-0.2, 0) is 5.41 Å². The Hall–Kier alpha value is -6.32. The number of rotatable bonds is 2. The normalized spacial score (nSPS) is 13.6. The molecule has 2 aromatic heterocycles. The Morgan fingerprint density at radius 1 is 0.420 bits per heavy atom. The zero-order valence-electron chi connectivity index (χ0n) is 27.8. The number of fused-ring (bicyclic) bond motifs is 13. The minimum absolute atomic E-state index is 0.0818. The number of benzene rings is 8. The fourth-order valence-electron chi connectivity index (χ4n) is 8.82. The van der Waals surface area contributed by atoms with Gasteiger partial charge < -0.3 is 0 Å². The number of hydrogen-bond acceptors (Lipinski definition) is 2. The monoisotopic (exact) mass is 637 g/mol. The molecular formula is C47H31N3. The highest BCUT2D eigenvalue weighted by atomic mass is 15.2. The van der Waals surface area contributed by atoms with E-state index in [2.05, 4.69) is 170 Å². The Kier molecular flexibility index (Phi) is 5.45. The van der Waals surface area contributed by atoms with E-state index in [1.165, 1.54) is 65.3 Å². The van der Waals surface area contributed by atoms with Crippen LogP contribution in [0, 0.1) is 0 Å². The molecule has 1 aliphatic rings. The summed E-state index contributed by atoms with van der Waals surface area (Å²) in [4.78, 5) is 10.8. The van der Waals surface area contributed by atoms with E-state index in [4.69, 9.17) is 9.97 Å². The molecule has 3 nitrogen and oxygen atoms in total. The molecule has 10 aromatic rings. The molecule has 11 rings (SSSR count). The lowest BCUT2D eigenvalue weighted by molar-refractivity contribution is 0.661. The van der Waals surface area contributed by atoms with Crippen LogP contribution in [0.25, 0.3) is 93.4 Å². The van der Waals surface area contributed by atoms with Gasteiger partial charge in [-0.3, -0.25) is 4.57 Å². The lowest BCUT2D eigenvalue weighted by Crippen LogP contribution is -2.14. The van der Waals surface area contributed by atoms with Gasteiger partial charge in [-0.1, -0.05) is 135 Å². The third kappa shape index (κ3) is 3.64. The molecule has 0 saturated carbocycles. The zero-order valence-corrected chi connectivity index (χ0v) is 27.8. The molecule has 8 aromatic carbocycles. The second kappa shape index (κ2) is 9.87. The van der Waals surface area contributed by atoms with E-state index in [0.29, 0.717) is 5.95 Å². The summed E-state index contributed by atoms with van der Waals surface area (Å²) in [6, 6.07) is 55.1. The van der Waals surface area contributed by atoms with Crippen molar-refractivity contribution >= 4 is 65.0 Å². The van der Waals surface area contributed by atoms with Crippen molar-refractivity contribution in [3.63, 3.8) is 0 Å². The van der Waals surface area contributed by atoms with Gasteiger partial charge in [0, 0.05) is 27.1 Å². The third-order valence-electron chi connectivity index (χ3n) is 11.2. The number of hydrogen-bond donors (Lipinski definition) is 0. The van der Waals surface area contributed by atoms with Crippen LogP contribution >= 0.6 is 0 Å². The van der Waals surface area contributed by atoms with E-state index in [9.17, 15) is 0 Å². The summed E-state index contributed by atoms with van der Waals surface area (Å²) in [7, 11) is 0. The largest absolute Gasteiger partial charge is 0.278 e. The Morgan fingerprint density at radius 3 is 1.78 bits per heavy atom. The Bertz CT molecular complexity index is 3040. The predicted octanol–water partition coefficient (Wildman–Crippen LogP) is 12.2. The maximum absolute atomic E-state index is 5.48. The number of para-hydroxylation sites is 2. The van der Waals surface area contributed by atoms with Crippen LogP contribution < -0.4 is 0 Å². The van der Waals surface area contributed by atoms with Crippen LogP contribution in [0.3, 0.4) is 0 Å². The van der Waals surface area contributed by atoms with Crippen molar-refractivity contribution in [3.8, 4) is 28.3 Å². The van der Waals surface area contributed by atoms with Crippen LogP contribution in [0.1, 0.15) is 25.0 Å². The third-order valence-corrected chi connectivity index (χ3v) is 11.2. The molecule has 0 saturated heterocycles. The van der Waals surface area contributed by atoms with Gasteiger partial charge in [0.2, 0.25) is 5.95 Å². The summed E-state index contributed by atoms with van der Waals surface area (Å²) in [5.74, 6) is 0.679. The minimum atomic E-state index is -0.0818. The van der Waals surface area contributed by atoms with E-state index in [1.807, 2.05) is 0 Å². The van der Waals surface area contributed by atoms with Crippen molar-refractivity contribution in [2.24, 2.45) is 0 Å². The van der Waals surface area contributed by atoms with Crippen LogP contribution in [-0.4, -0.2) is 14.5 Å². The summed E-state index contributed by atoms with van der Waals surface area (Å²) < 4.78 is 2.28. The van der Waals surface area contributed by atoms with Gasteiger partial charge in [-0.25, -0.2) is 9.97 Å². The highest BCUT2D eigenvalue weighted by molar-refractivity contribution is 6.26. The minimum Gasteiger partial charge on any atom is -0.278 e. The van der Waals surface area contributed by atoms with E-state index in [0.717, 1.165) is 33.2 Å². The van der Waals surface area contributed by atoms with Gasteiger partial charge in [0.25, 0.3) is 0 Å². The van der Waals surface area contributed by atoms with Gasteiger partial charge >= 0.3 is 0 Å². The summed E-state index contributed by atoms with van der Waals surface area (Å²) in [5, 5.41) is 11.0. The quantitative estimate of drug-likeness (QED) is 0.177. The molecule has 0 fully saturated rings. The molecule has 3 heteroatoms. The molecule has 0 radical (unpaired) electrons. The van der Waals surface area contributed by atoms with Crippen molar-refractivity contribution < 1.29 is 0 Å². The topological polar surface area (TPSA) is 30.7 Å². The molecule has 0 bridgehead atoms. The first-order valence-corrected chi connectivity index (χ1v) is 17.3. The second-order valence-electron chi connectivity index (χ2n) is 14.2. The maximum Gasteiger partial charge on any atom is 0.235 e. The van der Waals surface area contributed by atoms with E-state index in [1.54, 1.807) is 0 Å². The van der Waals surface area contributed by atoms with Crippen molar-refractivity contribution in [1.29, 1.82) is 0 Å². The Labute approximate surface area is 289 Å². The Balaban J connectivity index is 1.22. The lowest BCUT2D eigenvalue weighted by atomic mass is 9.82. The molecule has 50 heavy (non-hydrogen) atoms. The highest BCUT2D eigenvalue weighted by Crippen LogP contribution is 2.51. The van der Waals surface area contributed by atoms with E-state index in [-0.39, 0.29) is 5.41 Å². The van der Waals surface area contributed by atoms with Gasteiger partial charge in [-0.15, -0.1) is 0 Å². The molecule has 0 atom stereocenters. The molecule has 0 unspecified atom stereocenters. The smallest absolute Gasteiger partial charge is 0.235 e. The number of nitrogens with zero attached hydrogens (tertiary/aromatic N) is 3. The van der Waals surface area contributed by atoms with Gasteiger partial charge in [0.15, 0.2) is 0 Å². The van der Waals surface area contributed by atoms with Gasteiger partial charge in [-0.2, -0.15) is 0 Å². The van der Waals surface area contributed by atoms with Gasteiger partial charge in [0.05, 0.1) is 22.2 Å². The standard InChI is InChI=1S/C47H31N3/c1-47(2)40-20-10-7-17-34(40)38-27-44-39(26-41(38)47)35-18-9-12-22-43(35)50(44)46-48-42-21-11-8-19-36(42)45(49-46)28-23-24-33-31-15-4-3-13-29(31)30-14-5-6-16-32(30)37(33)25-28/h3-27H,1-2H3. The molecule has 0 spiro atoms. The van der Waals surface area contributed by atoms with E-state index < -0.39 is 0 Å². The van der Waals surface area contributed by atoms with Gasteiger partial charge in [-0.05, 0) is 84.9 Å². The molecule has 0 amide bonds. The average molecular weight is 638 g/mol. The molecule has 234 valence electrons. The van der Waals surface area contributed by atoms with E-state index >= 15 is 0 Å². The van der Waals surface area contributed by atoms with Gasteiger partial charge in [0.1, 0.15) is 0 Å². The number of aromatic nitrogens is 3. The molecule has 0 aliphatic heterocycles. The molecule has 1 aliphatic carbocycles. The van der Waals surface area contributed by atoms with Crippen molar-refractivity contribution in [1.82, 2.24) is 14.5 Å². The van der Waals surface area contributed by atoms with Crippen LogP contribution in [0.2, 0.25) is 0 Å². The first-order chi connectivity index (χ1) is 24.6. The zero-order chi connectivity index (χ0) is 33.1. The molecular weight excluding hydrogens is 607 g/mol. The first-order valence-electron chi connectivity index (χ1n) is 17.3. The van der Waals surface area contributed by atoms with Crippen molar-refractivity contribution in [2.45, 2.75) is 19.3 Å². The molecule has 0 N–H and O–H groups in total. The van der Waals surface area contributed by atoms with Crippen LogP contribution in [0.15, 0.2) is 152 Å². The summed E-state index contributed by atoms with van der Waals surface area (Å²) in [6.07, 6.45) is 0. The van der Waals surface area contributed by atoms with Crippen molar-refractivity contribution in [3.05, 3.63) is 163 Å². The Morgan fingerprint density at radius 2 is 1.02 bits per heavy atom. The summed E-state index contributed by atoms with van der Waals surface area (Å²) >= 11 is 0. The van der Waals surface area contributed by atoms with Crippen LogP contribution in [0.4, 0.5) is 0 Å². The fraction of sp³-hybridized carbons (Fsp3) is 0.0638.